The lowest BCUT2D eigenvalue weighted by molar-refractivity contribution is -0.115. The Hall–Kier alpha value is -0.510. The van der Waals surface area contributed by atoms with Crippen LogP contribution in [0.15, 0.2) is 24.3 Å². The Morgan fingerprint density at radius 3 is 2.38 bits per heavy atom. The van der Waals surface area contributed by atoms with Crippen LogP contribution in [0.3, 0.4) is 0 Å². The van der Waals surface area contributed by atoms with Crippen LogP contribution in [0.5, 0.6) is 0 Å². The zero-order valence-electron chi connectivity index (χ0n) is 8.64. The fourth-order valence-corrected chi connectivity index (χ4v) is 3.01. The van der Waals surface area contributed by atoms with Crippen LogP contribution < -0.4 is 5.73 Å². The molecule has 0 aliphatic rings. The number of carbonyl (C=O) groups excluding carboxylic acids is 1. The van der Waals surface area contributed by atoms with E-state index >= 15 is 0 Å². The van der Waals surface area contributed by atoms with Gasteiger partial charge in [-0.2, -0.15) is 0 Å². The van der Waals surface area contributed by atoms with Crippen molar-refractivity contribution in [3.63, 3.8) is 0 Å². The monoisotopic (exact) mass is 262 g/mol. The maximum absolute atomic E-state index is 11.0. The smallest absolute Gasteiger partial charge is 0.279 e. The number of rotatable bonds is 5. The topological polar surface area (TPSA) is 83.6 Å². The summed E-state index contributed by atoms with van der Waals surface area (Å²) in [6.07, 6.45) is -0.179. The van der Waals surface area contributed by atoms with Gasteiger partial charge in [0.15, 0.2) is 11.9 Å². The largest absolute Gasteiger partial charge is 0.324 e. The molecule has 4 N–H and O–H groups in total. The van der Waals surface area contributed by atoms with Gasteiger partial charge < -0.3 is 5.73 Å². The molecule has 0 aliphatic heterocycles. The van der Waals surface area contributed by atoms with Crippen LogP contribution in [0.4, 0.5) is 0 Å². The SMILES string of the molecule is NCC(=O)C[P+](O)(O)Cc1ccc(Cl)cc1. The minimum Gasteiger partial charge on any atom is -0.324 e. The molecule has 1 aromatic rings. The molecule has 0 saturated carbocycles. The number of hydrogen-bond donors (Lipinski definition) is 3. The van der Waals surface area contributed by atoms with Gasteiger partial charge in [-0.15, -0.1) is 0 Å². The molecule has 0 amide bonds. The Kier molecular flexibility index (Phi) is 4.84. The lowest BCUT2D eigenvalue weighted by Gasteiger charge is -2.11. The summed E-state index contributed by atoms with van der Waals surface area (Å²) in [6.45, 7) is -0.163. The molecule has 0 bridgehead atoms. The molecule has 6 heteroatoms. The third-order valence-electron chi connectivity index (χ3n) is 2.01. The first-order chi connectivity index (χ1) is 7.43. The van der Waals surface area contributed by atoms with Gasteiger partial charge in [-0.25, -0.2) is 9.79 Å². The number of halogens is 1. The quantitative estimate of drug-likeness (QED) is 0.696. The first-order valence-corrected chi connectivity index (χ1v) is 7.16. The van der Waals surface area contributed by atoms with E-state index in [-0.39, 0.29) is 24.7 Å². The van der Waals surface area contributed by atoms with Gasteiger partial charge >= 0.3 is 0 Å². The fourth-order valence-electron chi connectivity index (χ4n) is 1.29. The van der Waals surface area contributed by atoms with Crippen LogP contribution in [0.1, 0.15) is 5.56 Å². The molecule has 0 radical (unpaired) electrons. The van der Waals surface area contributed by atoms with E-state index < -0.39 is 7.72 Å². The summed E-state index contributed by atoms with van der Waals surface area (Å²) in [4.78, 5) is 30.4. The highest BCUT2D eigenvalue weighted by molar-refractivity contribution is 7.64. The zero-order chi connectivity index (χ0) is 12.2. The van der Waals surface area contributed by atoms with Crippen molar-refractivity contribution in [1.29, 1.82) is 0 Å². The van der Waals surface area contributed by atoms with Gasteiger partial charge in [0.05, 0.1) is 6.54 Å². The molecule has 0 aromatic heterocycles. The molecule has 0 atom stereocenters. The number of Topliss-reactive ketones (excluding diaryl/α,β-unsaturated/α-hetero) is 1. The van der Waals surface area contributed by atoms with E-state index in [1.807, 2.05) is 0 Å². The van der Waals surface area contributed by atoms with Gasteiger partial charge in [-0.1, -0.05) is 23.7 Å². The number of nitrogens with two attached hydrogens (primary N) is 1. The van der Waals surface area contributed by atoms with Crippen LogP contribution in [-0.2, 0) is 11.0 Å². The van der Waals surface area contributed by atoms with Gasteiger partial charge in [0.25, 0.3) is 7.72 Å². The average molecular weight is 263 g/mol. The summed E-state index contributed by atoms with van der Waals surface area (Å²) in [7, 11) is -3.22. The summed E-state index contributed by atoms with van der Waals surface area (Å²) in [5, 5.41) is 0.585. The predicted molar refractivity (Wildman–Crippen MR) is 65.4 cm³/mol. The fraction of sp³-hybridized carbons (Fsp3) is 0.300. The third kappa shape index (κ3) is 4.56. The van der Waals surface area contributed by atoms with Crippen molar-refractivity contribution < 1.29 is 14.6 Å². The highest BCUT2D eigenvalue weighted by Crippen LogP contribution is 2.52. The van der Waals surface area contributed by atoms with Crippen LogP contribution in [-0.4, -0.2) is 28.3 Å². The molecule has 0 aliphatic carbocycles. The minimum absolute atomic E-state index is 0.0793. The molecule has 1 aromatic carbocycles. The molecule has 0 fully saturated rings. The molecule has 16 heavy (non-hydrogen) atoms. The average Bonchev–Trinajstić information content (AvgIpc) is 2.20. The third-order valence-corrected chi connectivity index (χ3v) is 3.99. The zero-order valence-corrected chi connectivity index (χ0v) is 10.3. The summed E-state index contributed by atoms with van der Waals surface area (Å²) in [5.41, 5.74) is 5.86. The first kappa shape index (κ1) is 13.6. The van der Waals surface area contributed by atoms with Gasteiger partial charge in [0.2, 0.25) is 0 Å². The maximum atomic E-state index is 11.0. The van der Waals surface area contributed by atoms with Gasteiger partial charge in [0.1, 0.15) is 6.16 Å². The number of carbonyl (C=O) groups is 1. The molecule has 1 rings (SSSR count). The van der Waals surface area contributed by atoms with Crippen molar-refractivity contribution in [2.24, 2.45) is 5.73 Å². The van der Waals surface area contributed by atoms with E-state index in [1.165, 1.54) is 0 Å². The maximum Gasteiger partial charge on any atom is 0.279 e. The second-order valence-electron chi connectivity index (χ2n) is 3.56. The van der Waals surface area contributed by atoms with Crippen molar-refractivity contribution in [3.05, 3.63) is 34.9 Å². The molecular weight excluding hydrogens is 249 g/mol. The van der Waals surface area contributed by atoms with Crippen LogP contribution in [0, 0.1) is 0 Å². The molecule has 88 valence electrons. The number of hydrogen-bond acceptors (Lipinski definition) is 4. The standard InChI is InChI=1S/C10H14ClNO3P/c11-9-3-1-8(2-4-9)6-16(14,15)7-10(13)5-12/h1-4,14-15H,5-7,12H2/q+1. The van der Waals surface area contributed by atoms with Crippen LogP contribution in [0.25, 0.3) is 0 Å². The summed E-state index contributed by atoms with van der Waals surface area (Å²) >= 11 is 5.70. The van der Waals surface area contributed by atoms with Crippen LogP contribution >= 0.6 is 19.3 Å². The first-order valence-electron chi connectivity index (χ1n) is 4.72. The van der Waals surface area contributed by atoms with E-state index in [9.17, 15) is 14.6 Å². The van der Waals surface area contributed by atoms with Crippen molar-refractivity contribution in [3.8, 4) is 0 Å². The second-order valence-corrected chi connectivity index (χ2v) is 6.39. The Balaban J connectivity index is 2.64. The van der Waals surface area contributed by atoms with Gasteiger partial charge in [-0.05, 0) is 17.7 Å². The Bertz CT molecular complexity index is 367. The summed E-state index contributed by atoms with van der Waals surface area (Å²) in [6, 6.07) is 6.75. The Morgan fingerprint density at radius 1 is 1.31 bits per heavy atom. The second kappa shape index (κ2) is 5.71. The van der Waals surface area contributed by atoms with Gasteiger partial charge in [-0.3, -0.25) is 4.79 Å². The van der Waals surface area contributed by atoms with E-state index in [1.54, 1.807) is 24.3 Å². The lowest BCUT2D eigenvalue weighted by atomic mass is 10.2. The number of benzene rings is 1. The molecule has 0 spiro atoms. The van der Waals surface area contributed by atoms with E-state index in [4.69, 9.17) is 17.3 Å². The van der Waals surface area contributed by atoms with Crippen molar-refractivity contribution >= 4 is 25.1 Å². The molecule has 0 unspecified atom stereocenters. The summed E-state index contributed by atoms with van der Waals surface area (Å²) < 4.78 is 0. The molecular formula is C10H14ClNO3P+. The predicted octanol–water partition coefficient (Wildman–Crippen LogP) is 1.20. The molecule has 0 heterocycles. The Morgan fingerprint density at radius 2 is 1.88 bits per heavy atom. The minimum atomic E-state index is -3.22. The van der Waals surface area contributed by atoms with Crippen molar-refractivity contribution in [2.75, 3.05) is 12.7 Å². The van der Waals surface area contributed by atoms with E-state index in [2.05, 4.69) is 0 Å². The lowest BCUT2D eigenvalue weighted by Crippen LogP contribution is -2.19. The molecule has 0 saturated heterocycles. The van der Waals surface area contributed by atoms with Crippen molar-refractivity contribution in [2.45, 2.75) is 6.16 Å². The van der Waals surface area contributed by atoms with E-state index in [0.717, 1.165) is 5.56 Å². The highest BCUT2D eigenvalue weighted by atomic mass is 35.5. The van der Waals surface area contributed by atoms with Crippen LogP contribution in [0.2, 0.25) is 5.02 Å². The number of ketones is 1. The Labute approximate surface area is 99.5 Å². The normalized spacial score (nSPS) is 11.5. The highest BCUT2D eigenvalue weighted by Gasteiger charge is 2.35. The van der Waals surface area contributed by atoms with E-state index in [0.29, 0.717) is 5.02 Å². The summed E-state index contributed by atoms with van der Waals surface area (Å²) in [5.74, 6) is -0.340. The van der Waals surface area contributed by atoms with Gasteiger partial charge in [0, 0.05) is 5.02 Å². The van der Waals surface area contributed by atoms with Crippen molar-refractivity contribution in [1.82, 2.24) is 0 Å². The molecule has 4 nitrogen and oxygen atoms in total.